The molecule has 0 atom stereocenters. The molecule has 0 aliphatic carbocycles. The molecule has 0 unspecified atom stereocenters. The first-order valence-corrected chi connectivity index (χ1v) is 0. The maximum atomic E-state index is 0. The van der Waals surface area contributed by atoms with E-state index < -0.39 is 0 Å². The van der Waals surface area contributed by atoms with Gasteiger partial charge in [0, 0.05) is 0 Å². The van der Waals surface area contributed by atoms with Crippen LogP contribution in [-0.4, -0.2) is 0 Å². The first kappa shape index (κ1) is 2820. The molecule has 85 heteroatoms. The topological polar surface area (TPSA) is 1230 Å². The van der Waals surface area contributed by atoms with Crippen LogP contribution in [0, 0.1) is 0 Å². The first-order valence-electron chi connectivity index (χ1n) is 0. The molecule has 0 aliphatic rings. The van der Waals surface area contributed by atoms with Crippen LogP contribution in [0.3, 0.4) is 0 Å². The molecule has 0 aliphatic heterocycles. The molecule has 0 bridgehead atoms. The second-order valence-corrected chi connectivity index (χ2v) is 0. The zero-order valence-electron chi connectivity index (χ0n) is 32.4. The van der Waals surface area contributed by atoms with Crippen LogP contribution in [-0.2, 0) is 952 Å². The van der Waals surface area contributed by atoms with E-state index in [0.717, 1.165) is 0 Å². The van der Waals surface area contributed by atoms with E-state index in [1.54, 1.807) is 0 Å². The molecule has 0 aromatic heterocycles. The molecule has 0 amide bonds. The Hall–Kier alpha value is 20.1. The van der Waals surface area contributed by atoms with Crippen LogP contribution >= 0.6 is 0 Å². The SMILES string of the molecule is [Fe+3].[Fe+3].[Fe+3].[Fe+3].[Fe+3].[Fe+3].[Fe+3].[Fe+3].[Fe+3].[Fe+3].[Fe+3].[Fe+3].[Fe+3].[Fe+3].[Fe+3].[Fe+3].[Fe+3].[Fe+3].[Fe+3].[Fe+3].[Fe+3].[Fe+3].[Fe+3].[Fe+3].[Fe+3].[Fe+3].[Fe+3].[Fe+3].[Fe+3].[Fe+3].[Fe+3].[Fe+3].[Fe+3].[Fe+3].[Fe+3].[Fe+3].[Fe+3].[Fe+3].[Fe+3].[Fe+3].[Fe+3].[Fe+3].[O-2].[O-2].[O-2].[O-2].[O-2].[O-2].[O-2].[O-2].[O-2].[O-2].[O-2].[O-2].[O-2].[O-2].[O-2].[O-2].[O-2].[O-2].[O-2].[O-2].[O-2].[O-2].[O-2].[O-2].[O-2].[O-2].[O-2].[O-2].[O-2].[O-2].[O-2].[O-2].[O-2].[O-2].[O-2].[O-2].[O-2].[O-2].[O-2].[O-2].[O-2].[O-2].[O-2]. The van der Waals surface area contributed by atoms with Crippen LogP contribution in [0.4, 0.5) is 0 Å². The van der Waals surface area contributed by atoms with Crippen molar-refractivity contribution in [2.75, 3.05) is 0 Å². The van der Waals surface area contributed by atoms with E-state index in [1.807, 2.05) is 0 Å². The van der Waals surface area contributed by atoms with Gasteiger partial charge in [0.05, 0.1) is 0 Å². The van der Waals surface area contributed by atoms with E-state index in [4.69, 9.17) is 0 Å². The Morgan fingerprint density at radius 1 is 0.0235 bits per heavy atom. The summed E-state index contributed by atoms with van der Waals surface area (Å²) in [6, 6.07) is 0. The van der Waals surface area contributed by atoms with Gasteiger partial charge < -0.3 is 235 Å². The van der Waals surface area contributed by atoms with Gasteiger partial charge in [0.1, 0.15) is 0 Å². The molecule has 0 spiro atoms. The summed E-state index contributed by atoms with van der Waals surface area (Å²) >= 11 is 0. The van der Waals surface area contributed by atoms with Crippen molar-refractivity contribution in [1.29, 1.82) is 0 Å². The van der Waals surface area contributed by atoms with Gasteiger partial charge in [0.2, 0.25) is 0 Å². The van der Waals surface area contributed by atoms with Gasteiger partial charge >= 0.3 is 717 Å². The predicted octanol–water partition coefficient (Wildman–Crippen LogP) is -5.21. The Morgan fingerprint density at radius 3 is 0.0235 bits per heavy atom. The van der Waals surface area contributed by atoms with Gasteiger partial charge in [-0.3, -0.25) is 0 Å². The second-order valence-electron chi connectivity index (χ2n) is 0. The van der Waals surface area contributed by atoms with E-state index in [9.17, 15) is 0 Å². The molecule has 554 valence electrons. The molecule has 43 nitrogen and oxygen atoms in total. The Bertz CT molecular complexity index is 85.0. The number of rotatable bonds is 0. The van der Waals surface area contributed by atoms with E-state index in [2.05, 4.69) is 0 Å². The normalized spacial score (nSPS) is 0. The molecule has 0 aromatic carbocycles. The molecular formula is Fe42O43+40. The fourth-order valence-corrected chi connectivity index (χ4v) is 0. The van der Waals surface area contributed by atoms with Crippen LogP contribution in [0.25, 0.3) is 0 Å². The van der Waals surface area contributed by atoms with Crippen LogP contribution in [0.5, 0.6) is 0 Å². The Labute approximate surface area is 934 Å². The van der Waals surface area contributed by atoms with Crippen LogP contribution in [0.1, 0.15) is 0 Å². The third-order valence-electron chi connectivity index (χ3n) is 0. The van der Waals surface area contributed by atoms with Crippen molar-refractivity contribution in [2.24, 2.45) is 0 Å². The maximum absolute atomic E-state index is 0. The molecule has 0 saturated heterocycles. The minimum Gasteiger partial charge on any atom is -2.00 e. The minimum absolute atomic E-state index is 0. The Balaban J connectivity index is 0. The van der Waals surface area contributed by atoms with Crippen LogP contribution < -0.4 is 0 Å². The standard InChI is InChI=1S/42Fe.43O/q42*+3;43*-2. The molecule has 42 radical (unpaired) electrons. The van der Waals surface area contributed by atoms with Gasteiger partial charge in [-0.1, -0.05) is 0 Å². The van der Waals surface area contributed by atoms with Gasteiger partial charge in [0.15, 0.2) is 0 Å². The summed E-state index contributed by atoms with van der Waals surface area (Å²) in [7, 11) is 0. The Kier molecular flexibility index (Phi) is 90900. The molecule has 85 heavy (non-hydrogen) atoms. The Morgan fingerprint density at radius 2 is 0.0235 bits per heavy atom. The van der Waals surface area contributed by atoms with Crippen molar-refractivity contribution >= 4 is 0 Å². The smallest absolute Gasteiger partial charge is 2.00 e. The molecule has 0 rings (SSSR count). The zero-order chi connectivity index (χ0) is 0. The summed E-state index contributed by atoms with van der Waals surface area (Å²) in [4.78, 5) is 0. The summed E-state index contributed by atoms with van der Waals surface area (Å²) in [5.41, 5.74) is 0. The zero-order valence-corrected chi connectivity index (χ0v) is 78.8. The van der Waals surface area contributed by atoms with Crippen LogP contribution in [0.15, 0.2) is 0 Å². The van der Waals surface area contributed by atoms with Gasteiger partial charge in [0.25, 0.3) is 0 Å². The van der Waals surface area contributed by atoms with Crippen molar-refractivity contribution in [2.45, 2.75) is 0 Å². The maximum Gasteiger partial charge on any atom is 3.00 e. The van der Waals surface area contributed by atoms with E-state index >= 15 is 0 Å². The molecule has 0 aromatic rings. The van der Waals surface area contributed by atoms with Gasteiger partial charge in [-0.25, -0.2) is 0 Å². The van der Waals surface area contributed by atoms with Crippen LogP contribution in [0.2, 0.25) is 0 Å². The summed E-state index contributed by atoms with van der Waals surface area (Å²) in [5.74, 6) is 0. The average molecular weight is 3030 g/mol. The van der Waals surface area contributed by atoms with Gasteiger partial charge in [-0.05, 0) is 0 Å². The van der Waals surface area contributed by atoms with Gasteiger partial charge in [-0.15, -0.1) is 0 Å². The van der Waals surface area contributed by atoms with Crippen molar-refractivity contribution in [1.82, 2.24) is 0 Å². The fourth-order valence-electron chi connectivity index (χ4n) is 0. The predicted molar refractivity (Wildman–Crippen MR) is 29.5 cm³/mol. The average Bonchev–Trinajstić information content (AvgIpc) is 0. The second kappa shape index (κ2) is 2740. The summed E-state index contributed by atoms with van der Waals surface area (Å²) in [5, 5.41) is 0. The van der Waals surface area contributed by atoms with Crippen molar-refractivity contribution in [3.05, 3.63) is 0 Å². The quantitative estimate of drug-likeness (QED) is 0.206. The summed E-state index contributed by atoms with van der Waals surface area (Å²) < 4.78 is 0. The van der Waals surface area contributed by atoms with E-state index in [0.29, 0.717) is 0 Å². The summed E-state index contributed by atoms with van der Waals surface area (Å²) in [6.45, 7) is 0. The van der Waals surface area contributed by atoms with Crippen molar-refractivity contribution in [3.63, 3.8) is 0 Å². The molecule has 0 N–H and O–H groups in total. The summed E-state index contributed by atoms with van der Waals surface area (Å²) in [6.07, 6.45) is 0. The molecule has 0 saturated carbocycles. The monoisotopic (exact) mass is 3040 g/mol. The van der Waals surface area contributed by atoms with E-state index in [1.165, 1.54) is 0 Å². The van der Waals surface area contributed by atoms with Crippen molar-refractivity contribution < 1.29 is 952 Å². The largest absolute Gasteiger partial charge is 3.00 e. The third-order valence-corrected chi connectivity index (χ3v) is 0. The van der Waals surface area contributed by atoms with Gasteiger partial charge in [-0.2, -0.15) is 0 Å². The first-order chi connectivity index (χ1) is 0. The van der Waals surface area contributed by atoms with E-state index in [-0.39, 0.29) is 952 Å². The minimum atomic E-state index is 0. The number of hydrogen-bond donors (Lipinski definition) is 0. The van der Waals surface area contributed by atoms with Crippen molar-refractivity contribution in [3.8, 4) is 0 Å². The molecular weight excluding hydrogens is 3030 g/mol. The third kappa shape index (κ3) is 2690. The molecule has 0 heterocycles. The molecule has 0 fully saturated rings. The fraction of sp³-hybridized carbons (Fsp3) is 0. The number of hydrogen-bond acceptors (Lipinski definition) is 0.